The van der Waals surface area contributed by atoms with Crippen molar-refractivity contribution in [2.24, 2.45) is 10.7 Å². The molecular formula is C24H27FN4Si. The van der Waals surface area contributed by atoms with Crippen molar-refractivity contribution in [3.05, 3.63) is 83.9 Å². The summed E-state index contributed by atoms with van der Waals surface area (Å²) in [4.78, 5) is 10.7. The molecule has 0 amide bonds. The summed E-state index contributed by atoms with van der Waals surface area (Å²) in [6.07, 6.45) is 1.56. The second-order valence-electron chi connectivity index (χ2n) is 8.96. The monoisotopic (exact) mass is 418 g/mol. The van der Waals surface area contributed by atoms with Gasteiger partial charge in [-0.1, -0.05) is 67.3 Å². The molecule has 2 aromatic carbocycles. The highest BCUT2D eigenvalue weighted by Gasteiger charge is 2.41. The number of likely N-dealkylation sites (N-methyl/N-ethyl adjacent to an activating group) is 1. The van der Waals surface area contributed by atoms with Gasteiger partial charge in [0.15, 0.2) is 5.96 Å². The van der Waals surface area contributed by atoms with E-state index < -0.39 is 19.6 Å². The van der Waals surface area contributed by atoms with Gasteiger partial charge in [0.25, 0.3) is 0 Å². The van der Waals surface area contributed by atoms with Crippen LogP contribution in [0.15, 0.2) is 71.9 Å². The van der Waals surface area contributed by atoms with Crippen LogP contribution in [0.5, 0.6) is 0 Å². The van der Waals surface area contributed by atoms with Crippen molar-refractivity contribution >= 4 is 19.2 Å². The van der Waals surface area contributed by atoms with Gasteiger partial charge in [0.05, 0.1) is 14.6 Å². The van der Waals surface area contributed by atoms with Crippen molar-refractivity contribution in [2.75, 3.05) is 13.6 Å². The molecule has 0 spiro atoms. The van der Waals surface area contributed by atoms with Gasteiger partial charge in [0.2, 0.25) is 5.95 Å². The minimum atomic E-state index is -1.39. The van der Waals surface area contributed by atoms with Gasteiger partial charge >= 0.3 is 0 Å². The van der Waals surface area contributed by atoms with Crippen molar-refractivity contribution in [3.8, 4) is 11.1 Å². The topological polar surface area (TPSA) is 54.5 Å². The largest absolute Gasteiger partial charge is 0.370 e. The highest BCUT2D eigenvalue weighted by Crippen LogP contribution is 2.39. The minimum absolute atomic E-state index is 0.483. The van der Waals surface area contributed by atoms with Gasteiger partial charge in [-0.15, -0.1) is 0 Å². The van der Waals surface area contributed by atoms with E-state index in [9.17, 15) is 4.39 Å². The fourth-order valence-corrected chi connectivity index (χ4v) is 5.13. The van der Waals surface area contributed by atoms with Crippen LogP contribution in [0.3, 0.4) is 0 Å². The SMILES string of the molecule is CN1CC(c2ccc([Si](C)(C)C)cc2)(c2cccc(-c3ccc(F)nc3)c2)N=C1N. The molecule has 6 heteroatoms. The molecule has 2 N–H and O–H groups in total. The number of aromatic nitrogens is 1. The van der Waals surface area contributed by atoms with E-state index in [0.717, 1.165) is 22.3 Å². The smallest absolute Gasteiger partial charge is 0.212 e. The fraction of sp³-hybridized carbons (Fsp3) is 0.250. The highest BCUT2D eigenvalue weighted by atomic mass is 28.3. The van der Waals surface area contributed by atoms with Gasteiger partial charge in [0.1, 0.15) is 5.54 Å². The van der Waals surface area contributed by atoms with Crippen LogP contribution in [0, 0.1) is 5.95 Å². The maximum atomic E-state index is 13.3. The Bertz CT molecular complexity index is 1090. The molecule has 1 unspecified atom stereocenters. The quantitative estimate of drug-likeness (QED) is 0.516. The number of benzene rings is 2. The number of rotatable bonds is 4. The molecule has 0 fully saturated rings. The van der Waals surface area contributed by atoms with Crippen LogP contribution in [-0.4, -0.2) is 37.5 Å². The summed E-state index contributed by atoms with van der Waals surface area (Å²) in [6.45, 7) is 7.70. The number of aliphatic imine (C=N–C) groups is 1. The zero-order chi connectivity index (χ0) is 21.5. The van der Waals surface area contributed by atoms with Crippen molar-refractivity contribution < 1.29 is 4.39 Å². The standard InChI is InChI=1S/C24H27FN4Si/c1-29-16-24(28-23(29)26,19-9-11-21(12-10-19)30(2,3)4)20-7-5-6-17(14-20)18-8-13-22(25)27-15-18/h5-15H,16H2,1-4H3,(H2,26,28). The Labute approximate surface area is 178 Å². The predicted octanol–water partition coefficient (Wildman–Crippen LogP) is 3.94. The number of pyridine rings is 1. The van der Waals surface area contributed by atoms with Crippen LogP contribution < -0.4 is 10.9 Å². The molecular weight excluding hydrogens is 391 g/mol. The van der Waals surface area contributed by atoms with Crippen LogP contribution in [0.1, 0.15) is 11.1 Å². The molecule has 1 aliphatic rings. The first-order valence-corrected chi connectivity index (χ1v) is 13.6. The Balaban J connectivity index is 1.83. The summed E-state index contributed by atoms with van der Waals surface area (Å²) in [5.41, 5.74) is 9.65. The minimum Gasteiger partial charge on any atom is -0.370 e. The molecule has 0 aliphatic carbocycles. The van der Waals surface area contributed by atoms with Gasteiger partial charge in [-0.2, -0.15) is 4.39 Å². The second kappa shape index (κ2) is 7.36. The van der Waals surface area contributed by atoms with Gasteiger partial charge in [-0.05, 0) is 34.9 Å². The van der Waals surface area contributed by atoms with Crippen LogP contribution in [0.25, 0.3) is 11.1 Å². The van der Waals surface area contributed by atoms with Crippen LogP contribution in [0.2, 0.25) is 19.6 Å². The molecule has 30 heavy (non-hydrogen) atoms. The summed E-state index contributed by atoms with van der Waals surface area (Å²) in [7, 11) is 0.570. The van der Waals surface area contributed by atoms with Crippen molar-refractivity contribution in [2.45, 2.75) is 25.2 Å². The number of nitrogens with two attached hydrogens (primary N) is 1. The average Bonchev–Trinajstić information content (AvgIpc) is 3.04. The van der Waals surface area contributed by atoms with E-state index in [1.54, 1.807) is 12.3 Å². The maximum absolute atomic E-state index is 13.3. The maximum Gasteiger partial charge on any atom is 0.212 e. The first-order valence-electron chi connectivity index (χ1n) is 10.1. The van der Waals surface area contributed by atoms with Crippen LogP contribution >= 0.6 is 0 Å². The predicted molar refractivity (Wildman–Crippen MR) is 124 cm³/mol. The highest BCUT2D eigenvalue weighted by molar-refractivity contribution is 6.88. The summed E-state index contributed by atoms with van der Waals surface area (Å²) >= 11 is 0. The van der Waals surface area contributed by atoms with Crippen molar-refractivity contribution in [3.63, 3.8) is 0 Å². The molecule has 4 rings (SSSR count). The lowest BCUT2D eigenvalue weighted by Gasteiger charge is -2.29. The van der Waals surface area contributed by atoms with E-state index in [0.29, 0.717) is 12.5 Å². The fourth-order valence-electron chi connectivity index (χ4n) is 3.97. The molecule has 1 aliphatic heterocycles. The summed E-state index contributed by atoms with van der Waals surface area (Å²) in [6, 6.07) is 20.2. The molecule has 154 valence electrons. The first-order chi connectivity index (χ1) is 14.2. The van der Waals surface area contributed by atoms with Crippen molar-refractivity contribution in [1.29, 1.82) is 0 Å². The van der Waals surface area contributed by atoms with Crippen LogP contribution in [-0.2, 0) is 5.54 Å². The van der Waals surface area contributed by atoms with Gasteiger partial charge in [-0.25, -0.2) is 9.98 Å². The third kappa shape index (κ3) is 3.63. The molecule has 0 bridgehead atoms. The Kier molecular flexibility index (Phi) is 4.98. The lowest BCUT2D eigenvalue weighted by atomic mass is 9.82. The Morgan fingerprint density at radius 3 is 2.27 bits per heavy atom. The van der Waals surface area contributed by atoms with Crippen LogP contribution in [0.4, 0.5) is 4.39 Å². The summed E-state index contributed by atoms with van der Waals surface area (Å²) in [5, 5.41) is 1.41. The van der Waals surface area contributed by atoms with E-state index in [1.807, 2.05) is 24.1 Å². The number of guanidine groups is 1. The molecule has 0 saturated heterocycles. The zero-order valence-electron chi connectivity index (χ0n) is 17.9. The molecule has 0 radical (unpaired) electrons. The number of nitrogens with zero attached hydrogens (tertiary/aromatic N) is 3. The Hall–Kier alpha value is -2.99. The molecule has 1 aromatic heterocycles. The normalized spacial score (nSPS) is 19.1. The van der Waals surface area contributed by atoms with Gasteiger partial charge in [-0.3, -0.25) is 0 Å². The number of hydrogen-bond acceptors (Lipinski definition) is 4. The van der Waals surface area contributed by atoms with E-state index >= 15 is 0 Å². The van der Waals surface area contributed by atoms with E-state index in [4.69, 9.17) is 10.7 Å². The molecule has 2 heterocycles. The van der Waals surface area contributed by atoms with Gasteiger partial charge < -0.3 is 10.6 Å². The summed E-state index contributed by atoms with van der Waals surface area (Å²) < 4.78 is 13.3. The third-order valence-corrected chi connectivity index (χ3v) is 7.86. The molecule has 3 aromatic rings. The van der Waals surface area contributed by atoms with E-state index in [-0.39, 0.29) is 0 Å². The average molecular weight is 419 g/mol. The lowest BCUT2D eigenvalue weighted by molar-refractivity contribution is 0.432. The first kappa shape index (κ1) is 20.3. The van der Waals surface area contributed by atoms with Crippen molar-refractivity contribution in [1.82, 2.24) is 9.88 Å². The number of halogens is 1. The number of hydrogen-bond donors (Lipinski definition) is 1. The van der Waals surface area contributed by atoms with E-state index in [1.165, 1.54) is 11.3 Å². The van der Waals surface area contributed by atoms with Gasteiger partial charge in [0, 0.05) is 18.8 Å². The third-order valence-electron chi connectivity index (χ3n) is 5.79. The second-order valence-corrected chi connectivity index (χ2v) is 14.0. The Morgan fingerprint density at radius 2 is 1.70 bits per heavy atom. The molecule has 4 nitrogen and oxygen atoms in total. The molecule has 1 atom stereocenters. The van der Waals surface area contributed by atoms with E-state index in [2.05, 4.69) is 61.0 Å². The lowest BCUT2D eigenvalue weighted by Crippen LogP contribution is -2.38. The molecule has 0 saturated carbocycles. The Morgan fingerprint density at radius 1 is 0.967 bits per heavy atom. The summed E-state index contributed by atoms with van der Waals surface area (Å²) in [5.74, 6) is 0.0433. The zero-order valence-corrected chi connectivity index (χ0v) is 18.9.